The van der Waals surface area contributed by atoms with Crippen molar-refractivity contribution in [1.29, 1.82) is 0 Å². The number of rotatable bonds is 17. The standard InChI is InChI=1S/C26H42O4/c1-3-5-6-7-8-9-10-11-12-13-14-15-16-17-20-26(4-2,25(29)30)22-18-19-23(27)24(28)21-22/h11-12,18-19,21,27-28H,3-10,13-17,20H2,1-2H3,(H,29,30). The summed E-state index contributed by atoms with van der Waals surface area (Å²) >= 11 is 0. The molecule has 4 heteroatoms. The number of phenolic OH excluding ortho intramolecular Hbond substituents is 2. The van der Waals surface area contributed by atoms with Crippen LogP contribution in [0.5, 0.6) is 11.5 Å². The molecule has 0 aliphatic heterocycles. The van der Waals surface area contributed by atoms with Crippen molar-refractivity contribution in [3.8, 4) is 11.5 Å². The van der Waals surface area contributed by atoms with E-state index in [0.29, 0.717) is 18.4 Å². The number of aromatic hydroxyl groups is 2. The third kappa shape index (κ3) is 8.81. The minimum absolute atomic E-state index is 0.223. The smallest absolute Gasteiger partial charge is 0.314 e. The molecule has 0 amide bonds. The Morgan fingerprint density at radius 1 is 0.833 bits per heavy atom. The Balaban J connectivity index is 2.29. The van der Waals surface area contributed by atoms with Gasteiger partial charge < -0.3 is 15.3 Å². The molecule has 0 spiro atoms. The summed E-state index contributed by atoms with van der Waals surface area (Å²) in [5, 5.41) is 29.2. The third-order valence-electron chi connectivity index (χ3n) is 6.16. The van der Waals surface area contributed by atoms with Crippen LogP contribution in [0.3, 0.4) is 0 Å². The van der Waals surface area contributed by atoms with Crippen molar-refractivity contribution in [3.05, 3.63) is 35.9 Å². The average Bonchev–Trinajstić information content (AvgIpc) is 2.73. The van der Waals surface area contributed by atoms with Crippen LogP contribution >= 0.6 is 0 Å². The summed E-state index contributed by atoms with van der Waals surface area (Å²) in [5.41, 5.74) is -0.451. The summed E-state index contributed by atoms with van der Waals surface area (Å²) in [7, 11) is 0. The second-order valence-corrected chi connectivity index (χ2v) is 8.43. The van der Waals surface area contributed by atoms with Crippen LogP contribution in [0.2, 0.25) is 0 Å². The lowest BCUT2D eigenvalue weighted by atomic mass is 9.74. The fourth-order valence-electron chi connectivity index (χ4n) is 4.05. The first-order valence-electron chi connectivity index (χ1n) is 11.9. The first kappa shape index (κ1) is 26.1. The van der Waals surface area contributed by atoms with E-state index >= 15 is 0 Å². The van der Waals surface area contributed by atoms with Gasteiger partial charge in [-0.3, -0.25) is 4.79 Å². The summed E-state index contributed by atoms with van der Waals surface area (Å²) in [4.78, 5) is 12.1. The molecule has 0 fully saturated rings. The molecule has 1 rings (SSSR count). The molecule has 0 saturated heterocycles. The molecule has 0 aliphatic carbocycles. The molecule has 0 saturated carbocycles. The van der Waals surface area contributed by atoms with E-state index in [9.17, 15) is 20.1 Å². The van der Waals surface area contributed by atoms with Crippen molar-refractivity contribution in [2.24, 2.45) is 0 Å². The molecule has 1 atom stereocenters. The van der Waals surface area contributed by atoms with Crippen LogP contribution in [0.1, 0.15) is 109 Å². The molecule has 0 radical (unpaired) electrons. The molecule has 30 heavy (non-hydrogen) atoms. The molecular weight excluding hydrogens is 376 g/mol. The molecule has 0 aromatic heterocycles. The van der Waals surface area contributed by atoms with Gasteiger partial charge in [-0.15, -0.1) is 0 Å². The molecule has 4 nitrogen and oxygen atoms in total. The van der Waals surface area contributed by atoms with Gasteiger partial charge in [-0.1, -0.05) is 83.4 Å². The number of phenols is 2. The van der Waals surface area contributed by atoms with Gasteiger partial charge in [-0.2, -0.15) is 0 Å². The van der Waals surface area contributed by atoms with Crippen LogP contribution in [0.25, 0.3) is 0 Å². The van der Waals surface area contributed by atoms with Crippen LogP contribution in [-0.2, 0) is 10.2 Å². The van der Waals surface area contributed by atoms with Crippen molar-refractivity contribution in [2.45, 2.75) is 109 Å². The molecule has 0 bridgehead atoms. The normalized spacial score (nSPS) is 13.5. The van der Waals surface area contributed by atoms with Crippen molar-refractivity contribution >= 4 is 5.97 Å². The Hall–Kier alpha value is -1.97. The van der Waals surface area contributed by atoms with Gasteiger partial charge in [0.1, 0.15) is 0 Å². The minimum Gasteiger partial charge on any atom is -0.504 e. The lowest BCUT2D eigenvalue weighted by Gasteiger charge is -2.29. The third-order valence-corrected chi connectivity index (χ3v) is 6.16. The van der Waals surface area contributed by atoms with E-state index in [1.165, 1.54) is 57.1 Å². The van der Waals surface area contributed by atoms with Gasteiger partial charge >= 0.3 is 5.97 Å². The van der Waals surface area contributed by atoms with E-state index in [1.807, 2.05) is 6.92 Å². The van der Waals surface area contributed by atoms with Gasteiger partial charge in [-0.05, 0) is 56.2 Å². The van der Waals surface area contributed by atoms with Crippen molar-refractivity contribution in [3.63, 3.8) is 0 Å². The number of unbranched alkanes of at least 4 members (excludes halogenated alkanes) is 10. The number of aliphatic carboxylic acids is 1. The Morgan fingerprint density at radius 3 is 1.93 bits per heavy atom. The van der Waals surface area contributed by atoms with Gasteiger partial charge in [0.2, 0.25) is 0 Å². The van der Waals surface area contributed by atoms with Gasteiger partial charge in [0.15, 0.2) is 11.5 Å². The highest BCUT2D eigenvalue weighted by Crippen LogP contribution is 2.38. The summed E-state index contributed by atoms with van der Waals surface area (Å²) in [6.45, 7) is 4.11. The Bertz CT molecular complexity index is 638. The monoisotopic (exact) mass is 418 g/mol. The second kappa shape index (κ2) is 14.9. The highest BCUT2D eigenvalue weighted by atomic mass is 16.4. The van der Waals surface area contributed by atoms with Gasteiger partial charge in [0.05, 0.1) is 5.41 Å². The maximum Gasteiger partial charge on any atom is 0.314 e. The Labute approximate surface area is 183 Å². The number of hydrogen-bond donors (Lipinski definition) is 3. The van der Waals surface area contributed by atoms with Crippen LogP contribution in [0.15, 0.2) is 30.4 Å². The quantitative estimate of drug-likeness (QED) is 0.139. The maximum absolute atomic E-state index is 12.1. The molecule has 1 aromatic rings. The van der Waals surface area contributed by atoms with Crippen LogP contribution in [0.4, 0.5) is 0 Å². The van der Waals surface area contributed by atoms with Gasteiger partial charge in [0.25, 0.3) is 0 Å². The number of carbonyl (C=O) groups is 1. The molecule has 3 N–H and O–H groups in total. The molecule has 170 valence electrons. The zero-order valence-corrected chi connectivity index (χ0v) is 19.0. The van der Waals surface area contributed by atoms with Crippen LogP contribution in [-0.4, -0.2) is 21.3 Å². The fourth-order valence-corrected chi connectivity index (χ4v) is 4.05. The zero-order valence-electron chi connectivity index (χ0n) is 19.0. The van der Waals surface area contributed by atoms with Gasteiger partial charge in [0, 0.05) is 0 Å². The van der Waals surface area contributed by atoms with Crippen molar-refractivity contribution < 1.29 is 20.1 Å². The van der Waals surface area contributed by atoms with E-state index in [0.717, 1.165) is 32.1 Å². The predicted octanol–water partition coefficient (Wildman–Crippen LogP) is 7.48. The first-order valence-corrected chi connectivity index (χ1v) is 11.9. The maximum atomic E-state index is 12.1. The molecule has 1 unspecified atom stereocenters. The number of carboxylic acid groups (broad SMARTS) is 1. The van der Waals surface area contributed by atoms with E-state index in [4.69, 9.17) is 0 Å². The van der Waals surface area contributed by atoms with Crippen molar-refractivity contribution in [2.75, 3.05) is 0 Å². The number of benzene rings is 1. The molecular formula is C26H42O4. The SMILES string of the molecule is CCCCCCCCC=CCCCCCCC(CC)(C(=O)O)c1ccc(O)c(O)c1. The van der Waals surface area contributed by atoms with Crippen LogP contribution < -0.4 is 0 Å². The topological polar surface area (TPSA) is 77.8 Å². The molecule has 1 aromatic carbocycles. The van der Waals surface area contributed by atoms with Gasteiger partial charge in [-0.25, -0.2) is 0 Å². The van der Waals surface area contributed by atoms with E-state index in [-0.39, 0.29) is 11.5 Å². The van der Waals surface area contributed by atoms with E-state index in [2.05, 4.69) is 19.1 Å². The van der Waals surface area contributed by atoms with Crippen molar-refractivity contribution in [1.82, 2.24) is 0 Å². The first-order chi connectivity index (χ1) is 14.5. The summed E-state index contributed by atoms with van der Waals surface area (Å²) < 4.78 is 0. The summed E-state index contributed by atoms with van der Waals surface area (Å²) in [6, 6.07) is 4.37. The lowest BCUT2D eigenvalue weighted by Crippen LogP contribution is -2.35. The largest absolute Gasteiger partial charge is 0.504 e. The fraction of sp³-hybridized carbons (Fsp3) is 0.654. The minimum atomic E-state index is -1.01. The summed E-state index contributed by atoms with van der Waals surface area (Å²) in [5.74, 6) is -1.36. The number of allylic oxidation sites excluding steroid dienone is 2. The lowest BCUT2D eigenvalue weighted by molar-refractivity contribution is -0.144. The highest BCUT2D eigenvalue weighted by Gasteiger charge is 2.38. The van der Waals surface area contributed by atoms with E-state index < -0.39 is 11.4 Å². The zero-order chi connectivity index (χ0) is 22.2. The number of carboxylic acids is 1. The average molecular weight is 419 g/mol. The predicted molar refractivity (Wildman–Crippen MR) is 124 cm³/mol. The second-order valence-electron chi connectivity index (χ2n) is 8.43. The molecule has 0 heterocycles. The van der Waals surface area contributed by atoms with Crippen LogP contribution in [0, 0.1) is 0 Å². The highest BCUT2D eigenvalue weighted by molar-refractivity contribution is 5.81. The molecule has 0 aliphatic rings. The summed E-state index contributed by atoms with van der Waals surface area (Å²) in [6.07, 6.45) is 20.0. The Kier molecular flexibility index (Phi) is 13.0. The Morgan fingerprint density at radius 2 is 1.40 bits per heavy atom. The number of hydrogen-bond acceptors (Lipinski definition) is 3. The van der Waals surface area contributed by atoms with E-state index in [1.54, 1.807) is 6.07 Å².